The topological polar surface area (TPSA) is 77.0 Å². The molecule has 1 unspecified atom stereocenters. The summed E-state index contributed by atoms with van der Waals surface area (Å²) < 4.78 is 16.2. The molecular weight excluding hydrogens is 334 g/mol. The number of hydrogen-bond donors (Lipinski definition) is 2. The molecule has 0 aromatic heterocycles. The number of carbonyl (C=O) groups is 1. The molecule has 1 atom stereocenters. The van der Waals surface area contributed by atoms with E-state index in [0.717, 1.165) is 22.6 Å². The van der Waals surface area contributed by atoms with Crippen LogP contribution in [0.4, 0.5) is 0 Å². The van der Waals surface area contributed by atoms with Gasteiger partial charge >= 0.3 is 5.97 Å². The van der Waals surface area contributed by atoms with Crippen molar-refractivity contribution in [2.75, 3.05) is 21.3 Å². The summed E-state index contributed by atoms with van der Waals surface area (Å²) in [6.45, 7) is 2.72. The van der Waals surface area contributed by atoms with E-state index in [0.29, 0.717) is 18.7 Å². The monoisotopic (exact) mass is 359 g/mol. The number of methoxy groups -OCH3 is 3. The van der Waals surface area contributed by atoms with Gasteiger partial charge in [0.1, 0.15) is 17.2 Å². The highest BCUT2D eigenvalue weighted by atomic mass is 16.5. The number of carboxylic acid groups (broad SMARTS) is 1. The first-order valence-electron chi connectivity index (χ1n) is 8.33. The number of nitrogens with one attached hydrogen (secondary N) is 1. The Morgan fingerprint density at radius 1 is 1.04 bits per heavy atom. The quantitative estimate of drug-likeness (QED) is 0.716. The standard InChI is InChI=1S/C20H25NO5/c1-13(21-12-14-5-7-15(8-6-14)20(22)23)9-17-18(25-3)10-16(24-2)11-19(17)26-4/h5-8,10-11,13,21H,9,12H2,1-4H3,(H,22,23). The van der Waals surface area contributed by atoms with E-state index in [9.17, 15) is 4.79 Å². The van der Waals surface area contributed by atoms with E-state index in [2.05, 4.69) is 12.2 Å². The van der Waals surface area contributed by atoms with E-state index in [1.54, 1.807) is 33.5 Å². The number of ether oxygens (including phenoxy) is 3. The lowest BCUT2D eigenvalue weighted by Crippen LogP contribution is -2.28. The molecule has 2 N–H and O–H groups in total. The summed E-state index contributed by atoms with van der Waals surface area (Å²) in [6.07, 6.45) is 0.712. The fourth-order valence-corrected chi connectivity index (χ4v) is 2.71. The van der Waals surface area contributed by atoms with Crippen molar-refractivity contribution >= 4 is 5.97 Å². The summed E-state index contributed by atoms with van der Waals surface area (Å²) in [7, 11) is 4.85. The number of carboxylic acids is 1. The van der Waals surface area contributed by atoms with Gasteiger partial charge in [0.15, 0.2) is 0 Å². The summed E-state index contributed by atoms with van der Waals surface area (Å²) in [5.41, 5.74) is 2.28. The van der Waals surface area contributed by atoms with Crippen molar-refractivity contribution in [3.05, 3.63) is 53.1 Å². The van der Waals surface area contributed by atoms with Crippen LogP contribution < -0.4 is 19.5 Å². The van der Waals surface area contributed by atoms with Crippen LogP contribution in [0.5, 0.6) is 17.2 Å². The van der Waals surface area contributed by atoms with Gasteiger partial charge < -0.3 is 24.6 Å². The Labute approximate surface area is 153 Å². The molecule has 26 heavy (non-hydrogen) atoms. The zero-order chi connectivity index (χ0) is 19.1. The van der Waals surface area contributed by atoms with Crippen LogP contribution in [0.2, 0.25) is 0 Å². The second-order valence-corrected chi connectivity index (χ2v) is 6.00. The third-order valence-corrected chi connectivity index (χ3v) is 4.18. The lowest BCUT2D eigenvalue weighted by Gasteiger charge is -2.19. The zero-order valence-electron chi connectivity index (χ0n) is 15.5. The molecule has 140 valence electrons. The second kappa shape index (κ2) is 9.10. The molecule has 0 amide bonds. The lowest BCUT2D eigenvalue weighted by atomic mass is 10.0. The molecule has 0 heterocycles. The Bertz CT molecular complexity index is 717. The Morgan fingerprint density at radius 2 is 1.62 bits per heavy atom. The molecule has 0 saturated carbocycles. The van der Waals surface area contributed by atoms with Crippen molar-refractivity contribution in [1.29, 1.82) is 0 Å². The van der Waals surface area contributed by atoms with Crippen LogP contribution in [-0.4, -0.2) is 38.4 Å². The van der Waals surface area contributed by atoms with Crippen LogP contribution in [0, 0.1) is 0 Å². The van der Waals surface area contributed by atoms with Gasteiger partial charge in [0.25, 0.3) is 0 Å². The van der Waals surface area contributed by atoms with Crippen LogP contribution >= 0.6 is 0 Å². The minimum atomic E-state index is -0.920. The summed E-state index contributed by atoms with van der Waals surface area (Å²) in [4.78, 5) is 10.9. The summed E-state index contributed by atoms with van der Waals surface area (Å²) in [5, 5.41) is 12.4. The number of hydrogen-bond acceptors (Lipinski definition) is 5. The molecule has 0 aliphatic heterocycles. The van der Waals surface area contributed by atoms with Gasteiger partial charge in [-0.1, -0.05) is 12.1 Å². The fourth-order valence-electron chi connectivity index (χ4n) is 2.71. The van der Waals surface area contributed by atoms with Crippen molar-refractivity contribution < 1.29 is 24.1 Å². The summed E-state index contributed by atoms with van der Waals surface area (Å²) in [5.74, 6) is 1.21. The van der Waals surface area contributed by atoms with Crippen molar-refractivity contribution in [1.82, 2.24) is 5.32 Å². The maximum atomic E-state index is 10.9. The molecule has 6 nitrogen and oxygen atoms in total. The van der Waals surface area contributed by atoms with Crippen LogP contribution in [0.1, 0.15) is 28.4 Å². The first-order valence-corrected chi connectivity index (χ1v) is 8.33. The lowest BCUT2D eigenvalue weighted by molar-refractivity contribution is 0.0697. The van der Waals surface area contributed by atoms with Gasteiger partial charge in [-0.25, -0.2) is 4.79 Å². The highest BCUT2D eigenvalue weighted by molar-refractivity contribution is 5.87. The molecule has 0 fully saturated rings. The summed E-state index contributed by atoms with van der Waals surface area (Å²) in [6, 6.07) is 10.7. The van der Waals surface area contributed by atoms with E-state index < -0.39 is 5.97 Å². The van der Waals surface area contributed by atoms with E-state index >= 15 is 0 Å². The molecule has 6 heteroatoms. The highest BCUT2D eigenvalue weighted by Crippen LogP contribution is 2.34. The minimum Gasteiger partial charge on any atom is -0.496 e. The Morgan fingerprint density at radius 3 is 2.08 bits per heavy atom. The molecule has 0 bridgehead atoms. The number of aromatic carboxylic acids is 1. The van der Waals surface area contributed by atoms with Gasteiger partial charge in [-0.05, 0) is 31.0 Å². The van der Waals surface area contributed by atoms with Crippen molar-refractivity contribution in [3.63, 3.8) is 0 Å². The highest BCUT2D eigenvalue weighted by Gasteiger charge is 2.16. The van der Waals surface area contributed by atoms with Crippen LogP contribution in [0.3, 0.4) is 0 Å². The first-order chi connectivity index (χ1) is 12.5. The molecule has 0 saturated heterocycles. The zero-order valence-corrected chi connectivity index (χ0v) is 15.5. The van der Waals surface area contributed by atoms with Crippen LogP contribution in [0.25, 0.3) is 0 Å². The predicted molar refractivity (Wildman–Crippen MR) is 99.5 cm³/mol. The van der Waals surface area contributed by atoms with E-state index in [-0.39, 0.29) is 11.6 Å². The molecule has 2 aromatic rings. The Kier molecular flexibility index (Phi) is 6.86. The van der Waals surface area contributed by atoms with Gasteiger partial charge in [0.05, 0.1) is 26.9 Å². The average molecular weight is 359 g/mol. The van der Waals surface area contributed by atoms with Crippen molar-refractivity contribution in [2.24, 2.45) is 0 Å². The van der Waals surface area contributed by atoms with Gasteiger partial charge in [-0.3, -0.25) is 0 Å². The second-order valence-electron chi connectivity index (χ2n) is 6.00. The molecule has 2 rings (SSSR count). The average Bonchev–Trinajstić information content (AvgIpc) is 2.66. The van der Waals surface area contributed by atoms with Gasteiger partial charge in [0, 0.05) is 30.3 Å². The predicted octanol–water partition coefficient (Wildman–Crippen LogP) is 3.13. The molecular formula is C20H25NO5. The Balaban J connectivity index is 2.05. The van der Waals surface area contributed by atoms with E-state index in [4.69, 9.17) is 19.3 Å². The third-order valence-electron chi connectivity index (χ3n) is 4.18. The van der Waals surface area contributed by atoms with Gasteiger partial charge in [0.2, 0.25) is 0 Å². The molecule has 0 radical (unpaired) electrons. The number of rotatable bonds is 9. The molecule has 0 spiro atoms. The van der Waals surface area contributed by atoms with Crippen molar-refractivity contribution in [3.8, 4) is 17.2 Å². The minimum absolute atomic E-state index is 0.158. The van der Waals surface area contributed by atoms with Crippen LogP contribution in [-0.2, 0) is 13.0 Å². The van der Waals surface area contributed by atoms with Crippen LogP contribution in [0.15, 0.2) is 36.4 Å². The molecule has 0 aliphatic rings. The largest absolute Gasteiger partial charge is 0.496 e. The Hall–Kier alpha value is -2.73. The van der Waals surface area contributed by atoms with Crippen molar-refractivity contribution in [2.45, 2.75) is 25.9 Å². The van der Waals surface area contributed by atoms with Gasteiger partial charge in [-0.15, -0.1) is 0 Å². The maximum Gasteiger partial charge on any atom is 0.335 e. The maximum absolute atomic E-state index is 10.9. The van der Waals surface area contributed by atoms with E-state index in [1.165, 1.54) is 0 Å². The van der Waals surface area contributed by atoms with E-state index in [1.807, 2.05) is 24.3 Å². The van der Waals surface area contributed by atoms with Gasteiger partial charge in [-0.2, -0.15) is 0 Å². The summed E-state index contributed by atoms with van der Waals surface area (Å²) >= 11 is 0. The molecule has 2 aromatic carbocycles. The number of benzene rings is 2. The fraction of sp³-hybridized carbons (Fsp3) is 0.350. The SMILES string of the molecule is COc1cc(OC)c(CC(C)NCc2ccc(C(=O)O)cc2)c(OC)c1. The smallest absolute Gasteiger partial charge is 0.335 e. The first kappa shape index (κ1) is 19.6. The molecule has 0 aliphatic carbocycles. The normalized spacial score (nSPS) is 11.7. The third kappa shape index (κ3) is 4.89.